The van der Waals surface area contributed by atoms with Crippen molar-refractivity contribution in [2.75, 3.05) is 13.7 Å². The zero-order valence-corrected chi connectivity index (χ0v) is 16.4. The second-order valence-corrected chi connectivity index (χ2v) is 6.99. The zero-order chi connectivity index (χ0) is 19.6. The van der Waals surface area contributed by atoms with Crippen molar-refractivity contribution >= 4 is 23.1 Å². The number of carbonyl (C=O) groups excluding carboxylic acids is 2. The first-order chi connectivity index (χ1) is 12.9. The highest BCUT2D eigenvalue weighted by Gasteiger charge is 2.19. The molecule has 2 heterocycles. The van der Waals surface area contributed by atoms with Crippen LogP contribution >= 0.6 is 11.3 Å². The Hall–Kier alpha value is -2.93. The van der Waals surface area contributed by atoms with Gasteiger partial charge < -0.3 is 9.47 Å². The molecule has 3 rings (SSSR count). The molecule has 0 atom stereocenters. The molecule has 0 unspecified atom stereocenters. The molecule has 27 heavy (non-hydrogen) atoms. The molecule has 0 radical (unpaired) electrons. The Bertz CT molecular complexity index is 990. The predicted molar refractivity (Wildman–Crippen MR) is 103 cm³/mol. The van der Waals surface area contributed by atoms with Crippen LogP contribution in [0.1, 0.15) is 37.7 Å². The molecule has 0 bridgehead atoms. The fourth-order valence-corrected chi connectivity index (χ4v) is 3.66. The second-order valence-electron chi connectivity index (χ2n) is 6.12. The van der Waals surface area contributed by atoms with Gasteiger partial charge in [0.05, 0.1) is 12.7 Å². The molecule has 1 aromatic carbocycles. The summed E-state index contributed by atoms with van der Waals surface area (Å²) < 4.78 is 12.3. The van der Waals surface area contributed by atoms with Crippen LogP contribution in [0, 0.1) is 20.8 Å². The quantitative estimate of drug-likeness (QED) is 0.476. The topological polar surface area (TPSA) is 70.4 Å². The monoisotopic (exact) mass is 384 g/mol. The van der Waals surface area contributed by atoms with E-state index in [1.807, 2.05) is 30.7 Å². The number of carbonyl (C=O) groups is 2. The van der Waals surface area contributed by atoms with Crippen LogP contribution in [0.15, 0.2) is 35.8 Å². The van der Waals surface area contributed by atoms with E-state index in [1.54, 1.807) is 37.6 Å². The standard InChI is InChI=1S/C20H20N2O4S/c1-12-5-6-15(10-18(12)25-4)19(24)26-11-17(23)16-9-13(2)22(14(16)3)20-21-7-8-27-20/h5-10H,11H2,1-4H3. The molecule has 0 aliphatic carbocycles. The summed E-state index contributed by atoms with van der Waals surface area (Å²) >= 11 is 1.49. The molecule has 0 N–H and O–H groups in total. The number of nitrogens with zero attached hydrogens (tertiary/aromatic N) is 2. The third-order valence-corrected chi connectivity index (χ3v) is 5.08. The van der Waals surface area contributed by atoms with E-state index in [1.165, 1.54) is 11.3 Å². The largest absolute Gasteiger partial charge is 0.496 e. The molecule has 7 heteroatoms. The Labute approximate surface area is 161 Å². The number of ether oxygens (including phenoxy) is 2. The minimum absolute atomic E-state index is 0.252. The first-order valence-electron chi connectivity index (χ1n) is 8.36. The van der Waals surface area contributed by atoms with E-state index in [-0.39, 0.29) is 12.4 Å². The summed E-state index contributed by atoms with van der Waals surface area (Å²) in [6, 6.07) is 6.83. The molecular weight excluding hydrogens is 364 g/mol. The van der Waals surface area contributed by atoms with Gasteiger partial charge in [-0.1, -0.05) is 6.07 Å². The smallest absolute Gasteiger partial charge is 0.338 e. The van der Waals surface area contributed by atoms with Crippen LogP contribution in [0.5, 0.6) is 5.75 Å². The van der Waals surface area contributed by atoms with Gasteiger partial charge in [-0.05, 0) is 44.5 Å². The normalized spacial score (nSPS) is 10.7. The van der Waals surface area contributed by atoms with Gasteiger partial charge in [0.2, 0.25) is 5.78 Å². The summed E-state index contributed by atoms with van der Waals surface area (Å²) in [5.41, 5.74) is 3.47. The fraction of sp³-hybridized carbons (Fsp3) is 0.250. The molecule has 0 aliphatic rings. The molecule has 2 aromatic heterocycles. The second kappa shape index (κ2) is 7.75. The van der Waals surface area contributed by atoms with Crippen LogP contribution in [0.4, 0.5) is 0 Å². The Morgan fingerprint density at radius 1 is 1.19 bits per heavy atom. The highest BCUT2D eigenvalue weighted by Crippen LogP contribution is 2.23. The lowest BCUT2D eigenvalue weighted by Gasteiger charge is -2.08. The van der Waals surface area contributed by atoms with Gasteiger partial charge >= 0.3 is 5.97 Å². The summed E-state index contributed by atoms with van der Waals surface area (Å²) in [5, 5.41) is 2.68. The van der Waals surface area contributed by atoms with Crippen molar-refractivity contribution in [1.82, 2.24) is 9.55 Å². The van der Waals surface area contributed by atoms with Crippen LogP contribution in [0.3, 0.4) is 0 Å². The van der Waals surface area contributed by atoms with E-state index in [2.05, 4.69) is 4.98 Å². The third kappa shape index (κ3) is 3.78. The van der Waals surface area contributed by atoms with Gasteiger partial charge in [0.1, 0.15) is 5.75 Å². The lowest BCUT2D eigenvalue weighted by molar-refractivity contribution is 0.0474. The third-order valence-electron chi connectivity index (χ3n) is 4.32. The predicted octanol–water partition coefficient (Wildman–Crippen LogP) is 3.91. The van der Waals surface area contributed by atoms with E-state index in [0.717, 1.165) is 22.1 Å². The van der Waals surface area contributed by atoms with E-state index in [9.17, 15) is 9.59 Å². The number of benzene rings is 1. The molecule has 0 amide bonds. The number of thiazole rings is 1. The number of aryl methyl sites for hydroxylation is 2. The average Bonchev–Trinajstić information content (AvgIpc) is 3.27. The van der Waals surface area contributed by atoms with Crippen LogP contribution in [0.2, 0.25) is 0 Å². The minimum Gasteiger partial charge on any atom is -0.496 e. The molecule has 0 saturated heterocycles. The number of ketones is 1. The maximum Gasteiger partial charge on any atom is 0.338 e. The number of hydrogen-bond acceptors (Lipinski definition) is 6. The highest BCUT2D eigenvalue weighted by molar-refractivity contribution is 7.12. The first-order valence-corrected chi connectivity index (χ1v) is 9.24. The van der Waals surface area contributed by atoms with Crippen LogP contribution in [0.25, 0.3) is 5.13 Å². The van der Waals surface area contributed by atoms with Crippen molar-refractivity contribution in [3.8, 4) is 10.9 Å². The van der Waals surface area contributed by atoms with Gasteiger partial charge in [0.15, 0.2) is 11.7 Å². The molecule has 6 nitrogen and oxygen atoms in total. The maximum atomic E-state index is 12.6. The molecule has 140 valence electrons. The summed E-state index contributed by atoms with van der Waals surface area (Å²) in [6.45, 7) is 5.33. The molecule has 0 fully saturated rings. The molecule has 0 aliphatic heterocycles. The number of hydrogen-bond donors (Lipinski definition) is 0. The maximum absolute atomic E-state index is 12.6. The Kier molecular flexibility index (Phi) is 5.41. The Morgan fingerprint density at radius 2 is 1.96 bits per heavy atom. The van der Waals surface area contributed by atoms with Gasteiger partial charge in [-0.2, -0.15) is 0 Å². The SMILES string of the molecule is COc1cc(C(=O)OCC(=O)c2cc(C)n(-c3nccs3)c2C)ccc1C. The van der Waals surface area contributed by atoms with E-state index < -0.39 is 5.97 Å². The highest BCUT2D eigenvalue weighted by atomic mass is 32.1. The van der Waals surface area contributed by atoms with Crippen molar-refractivity contribution in [3.63, 3.8) is 0 Å². The molecule has 0 saturated carbocycles. The summed E-state index contributed by atoms with van der Waals surface area (Å²) in [4.78, 5) is 29.1. The first kappa shape index (κ1) is 18.8. The summed E-state index contributed by atoms with van der Waals surface area (Å²) in [7, 11) is 1.54. The van der Waals surface area contributed by atoms with Crippen molar-refractivity contribution in [2.45, 2.75) is 20.8 Å². The van der Waals surface area contributed by atoms with Crippen LogP contribution in [-0.2, 0) is 4.74 Å². The fourth-order valence-electron chi connectivity index (χ4n) is 2.90. The minimum atomic E-state index is -0.560. The van der Waals surface area contributed by atoms with Gasteiger partial charge in [0, 0.05) is 28.5 Å². The number of aromatic nitrogens is 2. The van der Waals surface area contributed by atoms with Crippen molar-refractivity contribution in [3.05, 3.63) is 63.9 Å². The number of methoxy groups -OCH3 is 1. The lowest BCUT2D eigenvalue weighted by atomic mass is 10.1. The number of rotatable bonds is 6. The Balaban J connectivity index is 1.73. The molecule has 3 aromatic rings. The van der Waals surface area contributed by atoms with E-state index >= 15 is 0 Å². The molecule has 0 spiro atoms. The summed E-state index contributed by atoms with van der Waals surface area (Å²) in [5.74, 6) is -0.212. The average molecular weight is 384 g/mol. The van der Waals surface area contributed by atoms with Gasteiger partial charge in [-0.25, -0.2) is 9.78 Å². The van der Waals surface area contributed by atoms with Gasteiger partial charge in [-0.15, -0.1) is 11.3 Å². The van der Waals surface area contributed by atoms with Gasteiger partial charge in [0.25, 0.3) is 0 Å². The van der Waals surface area contributed by atoms with Crippen molar-refractivity contribution in [1.29, 1.82) is 0 Å². The zero-order valence-electron chi connectivity index (χ0n) is 15.6. The van der Waals surface area contributed by atoms with Crippen LogP contribution < -0.4 is 4.74 Å². The van der Waals surface area contributed by atoms with Crippen molar-refractivity contribution in [2.24, 2.45) is 0 Å². The number of esters is 1. The van der Waals surface area contributed by atoms with Crippen molar-refractivity contribution < 1.29 is 19.1 Å². The van der Waals surface area contributed by atoms with E-state index in [4.69, 9.17) is 9.47 Å². The molecular formula is C20H20N2O4S. The Morgan fingerprint density at radius 3 is 2.63 bits per heavy atom. The van der Waals surface area contributed by atoms with E-state index in [0.29, 0.717) is 16.9 Å². The van der Waals surface area contributed by atoms with Crippen LogP contribution in [-0.4, -0.2) is 35.0 Å². The lowest BCUT2D eigenvalue weighted by Crippen LogP contribution is -2.15. The summed E-state index contributed by atoms with van der Waals surface area (Å²) in [6.07, 6.45) is 1.72. The number of Topliss-reactive ketones (excluding diaryl/α,β-unsaturated/α-hetero) is 1. The van der Waals surface area contributed by atoms with Gasteiger partial charge in [-0.3, -0.25) is 9.36 Å².